The summed E-state index contributed by atoms with van der Waals surface area (Å²) in [4.78, 5) is -0.217. The van der Waals surface area contributed by atoms with Crippen molar-refractivity contribution in [1.82, 2.24) is 0 Å². The van der Waals surface area contributed by atoms with E-state index in [0.717, 1.165) is 22.9 Å². The lowest BCUT2D eigenvalue weighted by molar-refractivity contribution is 0.595. The molecule has 3 nitrogen and oxygen atoms in total. The number of nitrogens with one attached hydrogen (secondary N) is 1. The molecule has 0 spiro atoms. The summed E-state index contributed by atoms with van der Waals surface area (Å²) in [5.74, 6) is -0.703. The lowest BCUT2D eigenvalue weighted by Crippen LogP contribution is -2.13. The molecule has 0 unspecified atom stereocenters. The summed E-state index contributed by atoms with van der Waals surface area (Å²) in [6.07, 6.45) is 0. The van der Waals surface area contributed by atoms with Gasteiger partial charge in [-0.2, -0.15) is 0 Å². The van der Waals surface area contributed by atoms with Gasteiger partial charge in [-0.25, -0.2) is 12.8 Å². The molecule has 0 aliphatic rings. The highest BCUT2D eigenvalue weighted by Crippen LogP contribution is 2.26. The zero-order valence-corrected chi connectivity index (χ0v) is 12.8. The predicted molar refractivity (Wildman–Crippen MR) is 86.2 cm³/mol. The van der Waals surface area contributed by atoms with Crippen molar-refractivity contribution in [2.75, 3.05) is 4.72 Å². The number of halogens is 2. The number of hydrogen-bond donors (Lipinski definition) is 1. The topological polar surface area (TPSA) is 46.2 Å². The second kappa shape index (κ2) is 5.59. The second-order valence-electron chi connectivity index (χ2n) is 4.74. The largest absolute Gasteiger partial charge is 0.279 e. The van der Waals surface area contributed by atoms with Crippen LogP contribution in [0.5, 0.6) is 0 Å². The first-order valence-corrected chi connectivity index (χ1v) is 8.28. The Morgan fingerprint density at radius 1 is 0.955 bits per heavy atom. The molecular weight excluding hydrogens is 325 g/mol. The van der Waals surface area contributed by atoms with Crippen molar-refractivity contribution in [2.24, 2.45) is 0 Å². The van der Waals surface area contributed by atoms with E-state index in [1.807, 2.05) is 30.3 Å². The molecule has 0 saturated carbocycles. The third kappa shape index (κ3) is 2.91. The van der Waals surface area contributed by atoms with E-state index in [-0.39, 0.29) is 9.92 Å². The van der Waals surface area contributed by atoms with Crippen LogP contribution in [0.15, 0.2) is 65.6 Å². The van der Waals surface area contributed by atoms with Crippen LogP contribution >= 0.6 is 11.6 Å². The first kappa shape index (κ1) is 14.8. The summed E-state index contributed by atoms with van der Waals surface area (Å²) in [7, 11) is -3.92. The van der Waals surface area contributed by atoms with Gasteiger partial charge in [-0.05, 0) is 29.7 Å². The van der Waals surface area contributed by atoms with Crippen LogP contribution in [0.25, 0.3) is 10.8 Å². The van der Waals surface area contributed by atoms with Gasteiger partial charge in [-0.15, -0.1) is 0 Å². The van der Waals surface area contributed by atoms with Gasteiger partial charge in [0.05, 0.1) is 10.6 Å². The summed E-state index contributed by atoms with van der Waals surface area (Å²) in [5.41, 5.74) is 0.429. The summed E-state index contributed by atoms with van der Waals surface area (Å²) in [6, 6.07) is 15.9. The molecule has 1 N–H and O–H groups in total. The Balaban J connectivity index is 2.07. The molecule has 22 heavy (non-hydrogen) atoms. The van der Waals surface area contributed by atoms with Crippen LogP contribution in [-0.4, -0.2) is 8.42 Å². The smallest absolute Gasteiger partial charge is 0.262 e. The van der Waals surface area contributed by atoms with Crippen LogP contribution in [0.4, 0.5) is 10.1 Å². The minimum absolute atomic E-state index is 0.0262. The monoisotopic (exact) mass is 335 g/mol. The number of benzene rings is 3. The Kier molecular flexibility index (Phi) is 3.76. The van der Waals surface area contributed by atoms with Crippen LogP contribution in [0.3, 0.4) is 0 Å². The van der Waals surface area contributed by atoms with Gasteiger partial charge in [0.1, 0.15) is 5.82 Å². The van der Waals surface area contributed by atoms with Crippen molar-refractivity contribution < 1.29 is 12.8 Å². The summed E-state index contributed by atoms with van der Waals surface area (Å²) >= 11 is 5.72. The van der Waals surface area contributed by atoms with Gasteiger partial charge in [-0.1, -0.05) is 48.0 Å². The zero-order chi connectivity index (χ0) is 15.7. The Hall–Kier alpha value is -2.11. The molecule has 3 aromatic rings. The maximum Gasteiger partial charge on any atom is 0.262 e. The van der Waals surface area contributed by atoms with Crippen LogP contribution in [0.1, 0.15) is 0 Å². The fourth-order valence-electron chi connectivity index (χ4n) is 2.20. The highest BCUT2D eigenvalue weighted by molar-refractivity contribution is 7.92. The molecule has 0 amide bonds. The molecule has 0 bridgehead atoms. The molecular formula is C16H11ClFNO2S. The molecule has 3 aromatic carbocycles. The number of hydrogen-bond acceptors (Lipinski definition) is 2. The molecule has 3 rings (SSSR count). The van der Waals surface area contributed by atoms with Crippen molar-refractivity contribution in [3.8, 4) is 0 Å². The lowest BCUT2D eigenvalue weighted by atomic mass is 10.1. The number of anilines is 1. The number of fused-ring (bicyclic) bond motifs is 1. The van der Waals surface area contributed by atoms with Gasteiger partial charge >= 0.3 is 0 Å². The number of sulfonamides is 1. The van der Waals surface area contributed by atoms with Crippen molar-refractivity contribution in [3.05, 3.63) is 71.5 Å². The van der Waals surface area contributed by atoms with E-state index in [4.69, 9.17) is 11.6 Å². The zero-order valence-electron chi connectivity index (χ0n) is 11.3. The van der Waals surface area contributed by atoms with Crippen LogP contribution in [-0.2, 0) is 10.0 Å². The van der Waals surface area contributed by atoms with Gasteiger partial charge in [-0.3, -0.25) is 4.72 Å². The van der Waals surface area contributed by atoms with Crippen LogP contribution in [0, 0.1) is 5.82 Å². The fourth-order valence-corrected chi connectivity index (χ4v) is 3.62. The van der Waals surface area contributed by atoms with Crippen molar-refractivity contribution in [1.29, 1.82) is 0 Å². The molecule has 0 atom stereocenters. The summed E-state index contributed by atoms with van der Waals surface area (Å²) in [6.45, 7) is 0. The van der Waals surface area contributed by atoms with E-state index >= 15 is 0 Å². The van der Waals surface area contributed by atoms with Gasteiger partial charge < -0.3 is 0 Å². The van der Waals surface area contributed by atoms with E-state index in [1.54, 1.807) is 12.1 Å². The summed E-state index contributed by atoms with van der Waals surface area (Å²) < 4.78 is 40.7. The normalized spacial score (nSPS) is 11.5. The van der Waals surface area contributed by atoms with Gasteiger partial charge in [0, 0.05) is 10.4 Å². The minimum atomic E-state index is -3.92. The van der Waals surface area contributed by atoms with Crippen LogP contribution in [0.2, 0.25) is 5.02 Å². The van der Waals surface area contributed by atoms with E-state index in [2.05, 4.69) is 4.72 Å². The Morgan fingerprint density at radius 2 is 1.68 bits per heavy atom. The first-order chi connectivity index (χ1) is 10.5. The Morgan fingerprint density at radius 3 is 2.45 bits per heavy atom. The Labute approximate surface area is 132 Å². The number of rotatable bonds is 3. The van der Waals surface area contributed by atoms with E-state index in [1.165, 1.54) is 6.07 Å². The molecule has 0 saturated heterocycles. The second-order valence-corrected chi connectivity index (χ2v) is 6.86. The van der Waals surface area contributed by atoms with Crippen molar-refractivity contribution in [2.45, 2.75) is 4.90 Å². The van der Waals surface area contributed by atoms with Gasteiger partial charge in [0.15, 0.2) is 0 Å². The predicted octanol–water partition coefficient (Wildman–Crippen LogP) is 4.43. The molecule has 6 heteroatoms. The first-order valence-electron chi connectivity index (χ1n) is 6.42. The average molecular weight is 336 g/mol. The quantitative estimate of drug-likeness (QED) is 0.769. The van der Waals surface area contributed by atoms with E-state index < -0.39 is 15.8 Å². The summed E-state index contributed by atoms with van der Waals surface area (Å²) in [5, 5.41) is 1.69. The molecule has 0 aliphatic carbocycles. The van der Waals surface area contributed by atoms with Crippen molar-refractivity contribution in [3.63, 3.8) is 0 Å². The Bertz CT molecular complexity index is 932. The molecule has 0 aromatic heterocycles. The molecule has 0 aliphatic heterocycles. The minimum Gasteiger partial charge on any atom is -0.279 e. The van der Waals surface area contributed by atoms with E-state index in [0.29, 0.717) is 5.69 Å². The average Bonchev–Trinajstić information content (AvgIpc) is 2.46. The van der Waals surface area contributed by atoms with Crippen molar-refractivity contribution >= 4 is 38.1 Å². The third-order valence-electron chi connectivity index (χ3n) is 3.18. The SMILES string of the molecule is O=S(=O)(Nc1cccc2ccccc12)c1cc(F)cc(Cl)c1. The molecule has 0 fully saturated rings. The van der Waals surface area contributed by atoms with E-state index in [9.17, 15) is 12.8 Å². The maximum atomic E-state index is 13.4. The highest BCUT2D eigenvalue weighted by Gasteiger charge is 2.17. The molecule has 112 valence electrons. The highest BCUT2D eigenvalue weighted by atomic mass is 35.5. The van der Waals surface area contributed by atoms with Gasteiger partial charge in [0.2, 0.25) is 0 Å². The lowest BCUT2D eigenvalue weighted by Gasteiger charge is -2.11. The maximum absolute atomic E-state index is 13.4. The fraction of sp³-hybridized carbons (Fsp3) is 0. The standard InChI is InChI=1S/C16H11ClFNO2S/c17-12-8-13(18)10-14(9-12)22(20,21)19-16-7-3-5-11-4-1-2-6-15(11)16/h1-10,19H. The van der Waals surface area contributed by atoms with Gasteiger partial charge in [0.25, 0.3) is 10.0 Å². The van der Waals surface area contributed by atoms with Crippen LogP contribution < -0.4 is 4.72 Å². The molecule has 0 heterocycles. The molecule has 0 radical (unpaired) electrons. The third-order valence-corrected chi connectivity index (χ3v) is 4.74.